The normalized spacial score (nSPS) is 13.6. The Bertz CT molecular complexity index is 933. The quantitative estimate of drug-likeness (QED) is 0.544. The molecule has 0 fully saturated rings. The van der Waals surface area contributed by atoms with Crippen molar-refractivity contribution in [3.05, 3.63) is 34.5 Å². The molecule has 30 heavy (non-hydrogen) atoms. The second-order valence-electron chi connectivity index (χ2n) is 8.38. The van der Waals surface area contributed by atoms with E-state index >= 15 is 0 Å². The minimum absolute atomic E-state index is 0.334. The lowest BCUT2D eigenvalue weighted by Gasteiger charge is -2.31. The van der Waals surface area contributed by atoms with Gasteiger partial charge in [0.05, 0.1) is 17.8 Å². The Labute approximate surface area is 182 Å². The third-order valence-electron chi connectivity index (χ3n) is 4.78. The number of nitrogens with zero attached hydrogens (tertiary/aromatic N) is 3. The van der Waals surface area contributed by atoms with Crippen LogP contribution in [0.15, 0.2) is 17.3 Å². The van der Waals surface area contributed by atoms with Crippen LogP contribution in [0.5, 0.6) is 11.6 Å². The second-order valence-corrected chi connectivity index (χ2v) is 9.16. The van der Waals surface area contributed by atoms with Gasteiger partial charge in [-0.15, -0.1) is 0 Å². The van der Waals surface area contributed by atoms with Gasteiger partial charge in [-0.2, -0.15) is 4.98 Å². The van der Waals surface area contributed by atoms with Crippen LogP contribution in [-0.2, 0) is 17.7 Å². The molecule has 2 heterocycles. The van der Waals surface area contributed by atoms with Crippen molar-refractivity contribution in [2.45, 2.75) is 58.3 Å². The lowest BCUT2D eigenvalue weighted by molar-refractivity contribution is 0.0221. The lowest BCUT2D eigenvalue weighted by Crippen LogP contribution is -2.40. The van der Waals surface area contributed by atoms with Crippen LogP contribution in [0.4, 0.5) is 10.5 Å². The summed E-state index contributed by atoms with van der Waals surface area (Å²) in [5, 5.41) is 3.83. The van der Waals surface area contributed by atoms with Crippen LogP contribution in [-0.4, -0.2) is 46.4 Å². The maximum atomic E-state index is 12.6. The molecule has 1 aliphatic heterocycles. The third-order valence-corrected chi connectivity index (χ3v) is 5.33. The Hall–Kier alpha value is -2.48. The molecule has 1 amide bonds. The van der Waals surface area contributed by atoms with Crippen LogP contribution >= 0.6 is 11.8 Å². The summed E-state index contributed by atoms with van der Waals surface area (Å²) in [5.74, 6) is 1.28. The number of carbonyl (C=O) groups is 1. The molecule has 8 heteroatoms. The van der Waals surface area contributed by atoms with Crippen LogP contribution in [0.25, 0.3) is 0 Å². The van der Waals surface area contributed by atoms with E-state index in [0.29, 0.717) is 30.5 Å². The van der Waals surface area contributed by atoms with Crippen LogP contribution in [0.2, 0.25) is 0 Å². The lowest BCUT2D eigenvalue weighted by atomic mass is 10.1. The number of nitrogens with one attached hydrogen (secondary N) is 1. The molecule has 0 aliphatic carbocycles. The Morgan fingerprint density at radius 1 is 1.20 bits per heavy atom. The average molecular weight is 431 g/mol. The zero-order valence-corrected chi connectivity index (χ0v) is 19.6. The summed E-state index contributed by atoms with van der Waals surface area (Å²) in [5.41, 5.74) is 4.27. The smallest absolute Gasteiger partial charge is 0.410 e. The standard InChI is InChI=1S/C22H30N4O3S/c1-13-10-15(23-6)11-14(2)18(13)28-19-16-12-26(21(27)29-22(3,4)5)9-8-17(16)24-20(25-19)30-7/h10-11,23H,8-9,12H2,1-7H3. The van der Waals surface area contributed by atoms with Gasteiger partial charge >= 0.3 is 6.09 Å². The summed E-state index contributed by atoms with van der Waals surface area (Å²) < 4.78 is 11.9. The van der Waals surface area contributed by atoms with E-state index in [2.05, 4.69) is 15.3 Å². The maximum absolute atomic E-state index is 12.6. The summed E-state index contributed by atoms with van der Waals surface area (Å²) in [6, 6.07) is 4.08. The van der Waals surface area contributed by atoms with E-state index in [1.54, 1.807) is 4.90 Å². The minimum Gasteiger partial charge on any atom is -0.444 e. The molecular formula is C22H30N4O3S. The number of ether oxygens (including phenoxy) is 2. The van der Waals surface area contributed by atoms with Crippen LogP contribution in [0.3, 0.4) is 0 Å². The fourth-order valence-corrected chi connectivity index (χ4v) is 3.75. The number of anilines is 1. The summed E-state index contributed by atoms with van der Waals surface area (Å²) in [7, 11) is 1.89. The molecule has 1 aromatic heterocycles. The second kappa shape index (κ2) is 8.71. The Morgan fingerprint density at radius 3 is 2.43 bits per heavy atom. The first-order valence-corrected chi connectivity index (χ1v) is 11.2. The Balaban J connectivity index is 1.96. The van der Waals surface area contributed by atoms with E-state index in [-0.39, 0.29) is 6.09 Å². The number of aromatic nitrogens is 2. The van der Waals surface area contributed by atoms with E-state index in [1.807, 2.05) is 60.1 Å². The molecular weight excluding hydrogens is 400 g/mol. The van der Waals surface area contributed by atoms with Gasteiger partial charge in [-0.3, -0.25) is 0 Å². The molecule has 1 N–H and O–H groups in total. The van der Waals surface area contributed by atoms with Crippen LogP contribution in [0.1, 0.15) is 43.2 Å². The van der Waals surface area contributed by atoms with Crippen LogP contribution < -0.4 is 10.1 Å². The van der Waals surface area contributed by atoms with E-state index in [0.717, 1.165) is 33.8 Å². The van der Waals surface area contributed by atoms with Gasteiger partial charge < -0.3 is 19.7 Å². The van der Waals surface area contributed by atoms with Crippen molar-refractivity contribution >= 4 is 23.5 Å². The predicted octanol–water partition coefficient (Wildman–Crippen LogP) is 4.94. The molecule has 0 spiro atoms. The maximum Gasteiger partial charge on any atom is 0.410 e. The zero-order chi connectivity index (χ0) is 22.1. The summed E-state index contributed by atoms with van der Waals surface area (Å²) in [6.07, 6.45) is 2.25. The van der Waals surface area contributed by atoms with E-state index < -0.39 is 5.60 Å². The molecule has 3 rings (SSSR count). The number of benzene rings is 1. The molecule has 0 atom stereocenters. The van der Waals surface area contributed by atoms with Crippen molar-refractivity contribution in [2.75, 3.05) is 25.2 Å². The van der Waals surface area contributed by atoms with Crippen molar-refractivity contribution in [1.82, 2.24) is 14.9 Å². The first kappa shape index (κ1) is 22.2. The summed E-state index contributed by atoms with van der Waals surface area (Å²) in [4.78, 5) is 23.6. The van der Waals surface area contributed by atoms with E-state index in [9.17, 15) is 4.79 Å². The molecule has 2 aromatic rings. The number of fused-ring (bicyclic) bond motifs is 1. The fourth-order valence-electron chi connectivity index (χ4n) is 3.37. The van der Waals surface area contributed by atoms with Gasteiger partial charge in [0, 0.05) is 25.7 Å². The van der Waals surface area contributed by atoms with Crippen molar-refractivity contribution in [3.8, 4) is 11.6 Å². The third kappa shape index (κ3) is 4.98. The Kier molecular flexibility index (Phi) is 6.45. The number of hydrogen-bond acceptors (Lipinski definition) is 7. The highest BCUT2D eigenvalue weighted by Crippen LogP contribution is 2.35. The number of carbonyl (C=O) groups excluding carboxylic acids is 1. The topological polar surface area (TPSA) is 76.6 Å². The fraction of sp³-hybridized carbons (Fsp3) is 0.500. The summed E-state index contributed by atoms with van der Waals surface area (Å²) >= 11 is 1.48. The average Bonchev–Trinajstić information content (AvgIpc) is 2.68. The first-order chi connectivity index (χ1) is 14.1. The highest BCUT2D eigenvalue weighted by molar-refractivity contribution is 7.98. The molecule has 162 valence electrons. The van der Waals surface area contributed by atoms with Gasteiger partial charge in [0.15, 0.2) is 5.16 Å². The van der Waals surface area contributed by atoms with E-state index in [1.165, 1.54) is 11.8 Å². The summed E-state index contributed by atoms with van der Waals surface area (Å²) in [6.45, 7) is 10.5. The number of aryl methyl sites for hydroxylation is 2. The van der Waals surface area contributed by atoms with Crippen molar-refractivity contribution < 1.29 is 14.3 Å². The SMILES string of the molecule is CNc1cc(C)c(Oc2nc(SC)nc3c2CN(C(=O)OC(C)(C)C)CC3)c(C)c1. The molecule has 0 unspecified atom stereocenters. The van der Waals surface area contributed by atoms with E-state index in [4.69, 9.17) is 9.47 Å². The number of hydrogen-bond donors (Lipinski definition) is 1. The van der Waals surface area contributed by atoms with Crippen molar-refractivity contribution in [3.63, 3.8) is 0 Å². The zero-order valence-electron chi connectivity index (χ0n) is 18.8. The van der Waals surface area contributed by atoms with Gasteiger partial charge in [-0.05, 0) is 64.1 Å². The highest BCUT2D eigenvalue weighted by atomic mass is 32.2. The number of amides is 1. The molecule has 0 saturated carbocycles. The Morgan fingerprint density at radius 2 is 1.87 bits per heavy atom. The monoisotopic (exact) mass is 430 g/mol. The minimum atomic E-state index is -0.542. The van der Waals surface area contributed by atoms with Crippen molar-refractivity contribution in [1.29, 1.82) is 0 Å². The van der Waals surface area contributed by atoms with Gasteiger partial charge in [-0.1, -0.05) is 11.8 Å². The number of rotatable bonds is 4. The van der Waals surface area contributed by atoms with Gasteiger partial charge in [0.1, 0.15) is 11.4 Å². The molecule has 0 saturated heterocycles. The predicted molar refractivity (Wildman–Crippen MR) is 120 cm³/mol. The first-order valence-electron chi connectivity index (χ1n) is 10.00. The highest BCUT2D eigenvalue weighted by Gasteiger charge is 2.29. The van der Waals surface area contributed by atoms with Gasteiger partial charge in [0.2, 0.25) is 5.88 Å². The van der Waals surface area contributed by atoms with Crippen molar-refractivity contribution in [2.24, 2.45) is 0 Å². The van der Waals surface area contributed by atoms with Crippen LogP contribution in [0, 0.1) is 13.8 Å². The molecule has 1 aromatic carbocycles. The van der Waals surface area contributed by atoms with Gasteiger partial charge in [-0.25, -0.2) is 9.78 Å². The molecule has 1 aliphatic rings. The largest absolute Gasteiger partial charge is 0.444 e. The van der Waals surface area contributed by atoms with Gasteiger partial charge in [0.25, 0.3) is 0 Å². The molecule has 0 bridgehead atoms. The number of thioether (sulfide) groups is 1. The molecule has 7 nitrogen and oxygen atoms in total. The molecule has 0 radical (unpaired) electrons.